The lowest BCUT2D eigenvalue weighted by Gasteiger charge is -2.19. The van der Waals surface area contributed by atoms with E-state index in [1.54, 1.807) is 0 Å². The smallest absolute Gasteiger partial charge is 0.235 e. The number of nitrogens with zero attached hydrogens (tertiary/aromatic N) is 3. The molecule has 3 nitrogen and oxygen atoms in total. The molecule has 0 atom stereocenters. The monoisotopic (exact) mass is 529 g/mol. The Hall–Kier alpha value is -4.54. The number of benzene rings is 5. The minimum absolute atomic E-state index is 0.736. The fourth-order valence-electron chi connectivity index (χ4n) is 6.86. The third kappa shape index (κ3) is 2.79. The molecule has 40 heavy (non-hydrogen) atoms. The van der Waals surface area contributed by atoms with Crippen molar-refractivity contribution in [1.29, 1.82) is 0 Å². The van der Waals surface area contributed by atoms with E-state index < -0.39 is 0 Å². The van der Waals surface area contributed by atoms with Gasteiger partial charge in [-0.05, 0) is 90.4 Å². The Morgan fingerprint density at radius 2 is 1.15 bits per heavy atom. The molecule has 0 radical (unpaired) electrons. The van der Waals surface area contributed by atoms with E-state index in [0.29, 0.717) is 0 Å². The maximum Gasteiger partial charge on any atom is 0.235 e. The summed E-state index contributed by atoms with van der Waals surface area (Å²) in [5.41, 5.74) is 11.4. The highest BCUT2D eigenvalue weighted by atomic mass is 32.1. The van der Waals surface area contributed by atoms with Crippen LogP contribution in [0.2, 0.25) is 0 Å². The minimum atomic E-state index is 0.736. The van der Waals surface area contributed by atoms with Crippen LogP contribution in [0.4, 0.5) is 0 Å². The lowest BCUT2D eigenvalue weighted by molar-refractivity contribution is 0.842. The van der Waals surface area contributed by atoms with E-state index in [9.17, 15) is 0 Å². The molecule has 0 spiro atoms. The van der Waals surface area contributed by atoms with Crippen LogP contribution in [0.15, 0.2) is 91.0 Å². The van der Waals surface area contributed by atoms with E-state index in [2.05, 4.69) is 95.6 Å². The third-order valence-electron chi connectivity index (χ3n) is 9.17. The Labute approximate surface area is 234 Å². The Morgan fingerprint density at radius 3 is 1.98 bits per heavy atom. The maximum atomic E-state index is 5.29. The first-order valence-electron chi connectivity index (χ1n) is 14.1. The highest BCUT2D eigenvalue weighted by Crippen LogP contribution is 2.44. The van der Waals surface area contributed by atoms with Gasteiger partial charge in [0, 0.05) is 41.9 Å². The number of hydrogen-bond donors (Lipinski definition) is 0. The van der Waals surface area contributed by atoms with Gasteiger partial charge in [-0.15, -0.1) is 11.3 Å². The number of para-hydroxylation sites is 1. The van der Waals surface area contributed by atoms with Gasteiger partial charge < -0.3 is 0 Å². The average Bonchev–Trinajstić information content (AvgIpc) is 3.47. The summed E-state index contributed by atoms with van der Waals surface area (Å²) in [6.45, 7) is 0. The first kappa shape index (κ1) is 21.3. The first-order chi connectivity index (χ1) is 19.8. The van der Waals surface area contributed by atoms with E-state index in [4.69, 9.17) is 9.97 Å². The molecule has 8 aromatic rings. The number of fused-ring (bicyclic) bond motifs is 9. The molecule has 0 saturated carbocycles. The van der Waals surface area contributed by atoms with Crippen LogP contribution in [0.25, 0.3) is 70.1 Å². The Kier molecular flexibility index (Phi) is 4.02. The van der Waals surface area contributed by atoms with E-state index in [1.807, 2.05) is 11.3 Å². The van der Waals surface area contributed by atoms with E-state index in [1.165, 1.54) is 83.5 Å². The predicted molar refractivity (Wildman–Crippen MR) is 167 cm³/mol. The van der Waals surface area contributed by atoms with Crippen LogP contribution in [0, 0.1) is 0 Å². The molecule has 2 aliphatic carbocycles. The second-order valence-electron chi connectivity index (χ2n) is 11.3. The molecule has 3 aromatic heterocycles. The zero-order valence-electron chi connectivity index (χ0n) is 21.7. The standard InChI is InChI=1S/C36H23N3S/c1-2-6-20(7-3-1)35-25-8-4-5-9-30(25)37-36(38-35)39-31-16-23-12-10-21(23)14-26(31)27-18-29-28-15-22-11-13-24(22)17-33(28)40-34(29)19-32(27)39/h1-9,14-19H,10-13H2. The van der Waals surface area contributed by atoms with Gasteiger partial charge in [-0.2, -0.15) is 0 Å². The highest BCUT2D eigenvalue weighted by Gasteiger charge is 2.23. The third-order valence-corrected chi connectivity index (χ3v) is 10.3. The highest BCUT2D eigenvalue weighted by molar-refractivity contribution is 7.25. The molecule has 0 amide bonds. The molecule has 2 aliphatic rings. The zero-order valence-corrected chi connectivity index (χ0v) is 22.6. The van der Waals surface area contributed by atoms with Crippen molar-refractivity contribution < 1.29 is 0 Å². The van der Waals surface area contributed by atoms with Gasteiger partial charge in [0.25, 0.3) is 0 Å². The fraction of sp³-hybridized carbons (Fsp3) is 0.111. The van der Waals surface area contributed by atoms with Crippen molar-refractivity contribution in [1.82, 2.24) is 14.5 Å². The Bertz CT molecular complexity index is 2380. The van der Waals surface area contributed by atoms with Crippen molar-refractivity contribution in [3.8, 4) is 17.2 Å². The first-order valence-corrected chi connectivity index (χ1v) is 14.9. The van der Waals surface area contributed by atoms with E-state index in [0.717, 1.165) is 34.5 Å². The number of aromatic nitrogens is 3. The van der Waals surface area contributed by atoms with Gasteiger partial charge in [-0.3, -0.25) is 4.57 Å². The van der Waals surface area contributed by atoms with E-state index >= 15 is 0 Å². The molecule has 3 heterocycles. The summed E-state index contributed by atoms with van der Waals surface area (Å²) in [4.78, 5) is 10.5. The topological polar surface area (TPSA) is 30.7 Å². The SMILES string of the molecule is c1ccc(-c2nc(-n3c4cc5c(cc4c4cc6c(cc43)sc3cc4c(cc36)CC4)CC5)nc3ccccc23)cc1. The number of aryl methyl sites for hydroxylation is 4. The summed E-state index contributed by atoms with van der Waals surface area (Å²) in [6, 6.07) is 33.4. The predicted octanol–water partition coefficient (Wildman–Crippen LogP) is 8.96. The van der Waals surface area contributed by atoms with Crippen molar-refractivity contribution in [3.05, 3.63) is 113 Å². The quantitative estimate of drug-likeness (QED) is 0.224. The van der Waals surface area contributed by atoms with Crippen molar-refractivity contribution in [3.63, 3.8) is 0 Å². The summed E-state index contributed by atoms with van der Waals surface area (Å²) >= 11 is 1.91. The van der Waals surface area contributed by atoms with Crippen molar-refractivity contribution >= 4 is 64.2 Å². The molecule has 0 fully saturated rings. The minimum Gasteiger partial charge on any atom is -0.278 e. The summed E-state index contributed by atoms with van der Waals surface area (Å²) in [7, 11) is 0. The van der Waals surface area contributed by atoms with E-state index in [-0.39, 0.29) is 0 Å². The van der Waals surface area contributed by atoms with Crippen LogP contribution >= 0.6 is 11.3 Å². The molecule has 188 valence electrons. The largest absolute Gasteiger partial charge is 0.278 e. The maximum absolute atomic E-state index is 5.29. The Morgan fingerprint density at radius 1 is 0.525 bits per heavy atom. The number of hydrogen-bond acceptors (Lipinski definition) is 3. The van der Waals surface area contributed by atoms with Crippen molar-refractivity contribution in [2.45, 2.75) is 25.7 Å². The number of thiophene rings is 1. The van der Waals surface area contributed by atoms with Gasteiger partial charge in [0.1, 0.15) is 0 Å². The molecule has 0 aliphatic heterocycles. The van der Waals surface area contributed by atoms with Gasteiger partial charge in [0.2, 0.25) is 5.95 Å². The second-order valence-corrected chi connectivity index (χ2v) is 12.4. The summed E-state index contributed by atoms with van der Waals surface area (Å²) in [5.74, 6) is 0.736. The van der Waals surface area contributed by atoms with Crippen molar-refractivity contribution in [2.75, 3.05) is 0 Å². The molecule has 10 rings (SSSR count). The van der Waals surface area contributed by atoms with Gasteiger partial charge >= 0.3 is 0 Å². The Balaban J connectivity index is 1.34. The molecule has 0 N–H and O–H groups in total. The van der Waals surface area contributed by atoms with Gasteiger partial charge in [-0.25, -0.2) is 9.97 Å². The molecule has 5 aromatic carbocycles. The summed E-state index contributed by atoms with van der Waals surface area (Å²) < 4.78 is 5.05. The van der Waals surface area contributed by atoms with Crippen molar-refractivity contribution in [2.24, 2.45) is 0 Å². The molecule has 0 saturated heterocycles. The molecule has 0 bridgehead atoms. The van der Waals surface area contributed by atoms with Gasteiger partial charge in [-0.1, -0.05) is 48.5 Å². The molecular weight excluding hydrogens is 506 g/mol. The number of rotatable bonds is 2. The summed E-state index contributed by atoms with van der Waals surface area (Å²) in [6.07, 6.45) is 4.73. The molecule has 0 unspecified atom stereocenters. The van der Waals surface area contributed by atoms with Crippen LogP contribution in [0.3, 0.4) is 0 Å². The van der Waals surface area contributed by atoms with Gasteiger partial charge in [0.15, 0.2) is 0 Å². The lowest BCUT2D eigenvalue weighted by atomic mass is 9.87. The molecule has 4 heteroatoms. The normalized spacial score (nSPS) is 14.1. The molecular formula is C36H23N3S. The lowest BCUT2D eigenvalue weighted by Crippen LogP contribution is -2.08. The van der Waals surface area contributed by atoms with Crippen LogP contribution in [0.5, 0.6) is 0 Å². The van der Waals surface area contributed by atoms with Crippen LogP contribution in [-0.2, 0) is 25.7 Å². The van der Waals surface area contributed by atoms with Crippen LogP contribution in [0.1, 0.15) is 22.3 Å². The van der Waals surface area contributed by atoms with Crippen LogP contribution < -0.4 is 0 Å². The average molecular weight is 530 g/mol. The summed E-state index contributed by atoms with van der Waals surface area (Å²) in [5, 5.41) is 6.44. The van der Waals surface area contributed by atoms with Crippen LogP contribution in [-0.4, -0.2) is 14.5 Å². The van der Waals surface area contributed by atoms with Gasteiger partial charge in [0.05, 0.1) is 22.2 Å². The fourth-order valence-corrected chi connectivity index (χ4v) is 8.03. The second kappa shape index (κ2) is 7.56. The zero-order chi connectivity index (χ0) is 25.9.